The number of aryl methyl sites for hydroxylation is 1. The van der Waals surface area contributed by atoms with Crippen LogP contribution in [-0.2, 0) is 20.8 Å². The zero-order chi connectivity index (χ0) is 18.5. The van der Waals surface area contributed by atoms with Crippen LogP contribution in [-0.4, -0.2) is 59.1 Å². The number of aliphatic imine (C=N–C) groups is 1. The number of carbonyl (C=O) groups excluding carboxylic acids is 1. The molecule has 2 N–H and O–H groups in total. The summed E-state index contributed by atoms with van der Waals surface area (Å²) in [4.78, 5) is 16.1. The molecule has 0 amide bonds. The Balaban J connectivity index is 0.00000625. The van der Waals surface area contributed by atoms with Gasteiger partial charge in [0.05, 0.1) is 20.3 Å². The molecule has 0 saturated heterocycles. The second-order valence-corrected chi connectivity index (χ2v) is 5.25. The topological polar surface area (TPSA) is 94.3 Å². The number of rotatable bonds is 11. The van der Waals surface area contributed by atoms with Crippen molar-refractivity contribution in [2.24, 2.45) is 4.99 Å². The summed E-state index contributed by atoms with van der Waals surface area (Å²) in [6.45, 7) is 7.42. The highest BCUT2D eigenvalue weighted by Gasteiger charge is 2.15. The maximum absolute atomic E-state index is 11.6. The van der Waals surface area contributed by atoms with E-state index in [1.807, 2.05) is 6.92 Å². The van der Waals surface area contributed by atoms with Crippen LogP contribution in [0.3, 0.4) is 0 Å². The van der Waals surface area contributed by atoms with Crippen molar-refractivity contribution in [1.82, 2.24) is 10.6 Å². The fraction of sp³-hybridized carbons (Fsp3) is 0.647. The second-order valence-electron chi connectivity index (χ2n) is 5.25. The average molecular weight is 483 g/mol. The number of guanidine groups is 1. The van der Waals surface area contributed by atoms with Crippen LogP contribution in [0.15, 0.2) is 15.5 Å². The Morgan fingerprint density at radius 2 is 2.00 bits per heavy atom. The lowest BCUT2D eigenvalue weighted by Crippen LogP contribution is -2.38. The van der Waals surface area contributed by atoms with Gasteiger partial charge in [-0.3, -0.25) is 0 Å². The Bertz CT molecular complexity index is 549. The minimum absolute atomic E-state index is 0. The van der Waals surface area contributed by atoms with Gasteiger partial charge >= 0.3 is 5.97 Å². The molecule has 26 heavy (non-hydrogen) atoms. The molecule has 8 nitrogen and oxygen atoms in total. The minimum atomic E-state index is -0.407. The standard InChI is InChI=1S/C17H29N3O5.HI/c1-5-18-17(19-7-6-8-24-10-9-22-3)20-12-14-11-15(13(2)25-14)16(21)23-4;/h11H,5-10,12H2,1-4H3,(H2,18,19,20);1H. The smallest absolute Gasteiger partial charge is 0.341 e. The molecule has 150 valence electrons. The van der Waals surface area contributed by atoms with E-state index in [0.717, 1.165) is 19.5 Å². The lowest BCUT2D eigenvalue weighted by Gasteiger charge is -2.11. The van der Waals surface area contributed by atoms with Crippen molar-refractivity contribution in [1.29, 1.82) is 0 Å². The predicted octanol–water partition coefficient (Wildman–Crippen LogP) is 2.10. The summed E-state index contributed by atoms with van der Waals surface area (Å²) in [6, 6.07) is 1.66. The van der Waals surface area contributed by atoms with E-state index in [2.05, 4.69) is 15.6 Å². The van der Waals surface area contributed by atoms with Gasteiger partial charge in [-0.05, 0) is 26.3 Å². The SMILES string of the molecule is CCNC(=NCc1cc(C(=O)OC)c(C)o1)NCCCOCCOC.I. The summed E-state index contributed by atoms with van der Waals surface area (Å²) in [7, 11) is 3.00. The van der Waals surface area contributed by atoms with E-state index in [1.165, 1.54) is 7.11 Å². The molecular formula is C17H30IN3O5. The molecule has 0 atom stereocenters. The van der Waals surface area contributed by atoms with E-state index in [-0.39, 0.29) is 24.0 Å². The number of methoxy groups -OCH3 is 2. The first kappa shape index (κ1) is 24.7. The van der Waals surface area contributed by atoms with E-state index in [9.17, 15) is 4.79 Å². The third kappa shape index (κ3) is 9.39. The van der Waals surface area contributed by atoms with Crippen molar-refractivity contribution < 1.29 is 23.4 Å². The lowest BCUT2D eigenvalue weighted by atomic mass is 10.2. The summed E-state index contributed by atoms with van der Waals surface area (Å²) >= 11 is 0. The number of furan rings is 1. The summed E-state index contributed by atoms with van der Waals surface area (Å²) in [6.07, 6.45) is 0.862. The molecule has 0 fully saturated rings. The van der Waals surface area contributed by atoms with E-state index in [0.29, 0.717) is 49.4 Å². The Morgan fingerprint density at radius 3 is 2.65 bits per heavy atom. The molecule has 0 aromatic carbocycles. The van der Waals surface area contributed by atoms with Gasteiger partial charge in [0.15, 0.2) is 5.96 Å². The van der Waals surface area contributed by atoms with Gasteiger partial charge in [-0.1, -0.05) is 0 Å². The van der Waals surface area contributed by atoms with Gasteiger partial charge in [0.25, 0.3) is 0 Å². The van der Waals surface area contributed by atoms with Crippen LogP contribution < -0.4 is 10.6 Å². The molecule has 1 heterocycles. The fourth-order valence-electron chi connectivity index (χ4n) is 2.06. The molecule has 0 saturated carbocycles. The number of nitrogens with zero attached hydrogens (tertiary/aromatic N) is 1. The van der Waals surface area contributed by atoms with Crippen LogP contribution in [0.1, 0.15) is 35.2 Å². The molecule has 0 unspecified atom stereocenters. The van der Waals surface area contributed by atoms with Gasteiger partial charge in [-0.2, -0.15) is 0 Å². The molecule has 1 rings (SSSR count). The van der Waals surface area contributed by atoms with Crippen molar-refractivity contribution in [3.8, 4) is 0 Å². The van der Waals surface area contributed by atoms with E-state index >= 15 is 0 Å². The van der Waals surface area contributed by atoms with Crippen LogP contribution in [0.2, 0.25) is 0 Å². The van der Waals surface area contributed by atoms with Gasteiger partial charge in [0.1, 0.15) is 23.6 Å². The Kier molecular flexibility index (Phi) is 14.0. The van der Waals surface area contributed by atoms with E-state index in [1.54, 1.807) is 20.1 Å². The first-order valence-corrected chi connectivity index (χ1v) is 8.38. The predicted molar refractivity (Wildman–Crippen MR) is 110 cm³/mol. The third-order valence-corrected chi connectivity index (χ3v) is 3.30. The Hall–Kier alpha value is -1.33. The third-order valence-electron chi connectivity index (χ3n) is 3.30. The first-order valence-electron chi connectivity index (χ1n) is 8.38. The summed E-state index contributed by atoms with van der Waals surface area (Å²) in [5.74, 6) is 1.42. The minimum Gasteiger partial charge on any atom is -0.465 e. The molecule has 1 aromatic heterocycles. The molecule has 0 aliphatic rings. The highest BCUT2D eigenvalue weighted by molar-refractivity contribution is 14.0. The number of carbonyl (C=O) groups is 1. The number of nitrogens with one attached hydrogen (secondary N) is 2. The molecule has 9 heteroatoms. The van der Waals surface area contributed by atoms with Crippen molar-refractivity contribution in [2.45, 2.75) is 26.8 Å². The van der Waals surface area contributed by atoms with Crippen LogP contribution in [0.5, 0.6) is 0 Å². The molecule has 0 radical (unpaired) electrons. The largest absolute Gasteiger partial charge is 0.465 e. The molecule has 0 spiro atoms. The second kappa shape index (κ2) is 14.8. The highest BCUT2D eigenvalue weighted by Crippen LogP contribution is 2.16. The summed E-state index contributed by atoms with van der Waals surface area (Å²) in [5, 5.41) is 6.40. The Morgan fingerprint density at radius 1 is 1.23 bits per heavy atom. The molecule has 0 aliphatic heterocycles. The zero-order valence-corrected chi connectivity index (χ0v) is 18.3. The maximum Gasteiger partial charge on any atom is 0.341 e. The average Bonchev–Trinajstić information content (AvgIpc) is 2.98. The van der Waals surface area contributed by atoms with E-state index in [4.69, 9.17) is 18.6 Å². The first-order chi connectivity index (χ1) is 12.1. The van der Waals surface area contributed by atoms with Gasteiger partial charge in [-0.25, -0.2) is 9.79 Å². The highest BCUT2D eigenvalue weighted by atomic mass is 127. The van der Waals surface area contributed by atoms with Gasteiger partial charge in [0, 0.05) is 26.8 Å². The van der Waals surface area contributed by atoms with Crippen LogP contribution in [0, 0.1) is 6.92 Å². The molecule has 0 aliphatic carbocycles. The number of ether oxygens (including phenoxy) is 3. The molecule has 1 aromatic rings. The van der Waals surface area contributed by atoms with Gasteiger partial charge in [-0.15, -0.1) is 24.0 Å². The van der Waals surface area contributed by atoms with Crippen molar-refractivity contribution >= 4 is 35.9 Å². The van der Waals surface area contributed by atoms with Crippen molar-refractivity contribution in [3.63, 3.8) is 0 Å². The van der Waals surface area contributed by atoms with Crippen LogP contribution in [0.4, 0.5) is 0 Å². The van der Waals surface area contributed by atoms with Crippen LogP contribution >= 0.6 is 24.0 Å². The quantitative estimate of drug-likeness (QED) is 0.164. The Labute approximate surface area is 172 Å². The van der Waals surface area contributed by atoms with Crippen LogP contribution in [0.25, 0.3) is 0 Å². The zero-order valence-electron chi connectivity index (χ0n) is 15.9. The van der Waals surface area contributed by atoms with Crippen molar-refractivity contribution in [3.05, 3.63) is 23.2 Å². The van der Waals surface area contributed by atoms with Gasteiger partial charge in [0.2, 0.25) is 0 Å². The number of hydrogen-bond donors (Lipinski definition) is 2. The number of halogens is 1. The summed E-state index contributed by atoms with van der Waals surface area (Å²) in [5.41, 5.74) is 0.430. The molecular weight excluding hydrogens is 453 g/mol. The van der Waals surface area contributed by atoms with Gasteiger partial charge < -0.3 is 29.3 Å². The maximum atomic E-state index is 11.6. The molecule has 0 bridgehead atoms. The normalized spacial score (nSPS) is 11.0. The fourth-order valence-corrected chi connectivity index (χ4v) is 2.06. The monoisotopic (exact) mass is 483 g/mol. The van der Waals surface area contributed by atoms with Crippen molar-refractivity contribution in [2.75, 3.05) is 47.1 Å². The lowest BCUT2D eigenvalue weighted by molar-refractivity contribution is 0.0599. The van der Waals surface area contributed by atoms with E-state index < -0.39 is 5.97 Å². The summed E-state index contributed by atoms with van der Waals surface area (Å²) < 4.78 is 20.6. The number of hydrogen-bond acceptors (Lipinski definition) is 6. The number of esters is 1.